The molecule has 0 fully saturated rings. The molecule has 0 aliphatic carbocycles. The molecule has 1 rings (SSSR count). The number of aromatic nitrogens is 3. The first-order valence-corrected chi connectivity index (χ1v) is 4.18. The van der Waals surface area contributed by atoms with E-state index in [-0.39, 0.29) is 0 Å². The van der Waals surface area contributed by atoms with Gasteiger partial charge in [-0.1, -0.05) is 19.0 Å². The molecule has 0 aromatic carbocycles. The van der Waals surface area contributed by atoms with E-state index in [1.165, 1.54) is 17.3 Å². The molecule has 1 aromatic rings. The van der Waals surface area contributed by atoms with Crippen molar-refractivity contribution in [2.24, 2.45) is 10.6 Å². The number of oxime groups is 1. The molecule has 0 unspecified atom stereocenters. The molecular formula is C8H14N4O2. The lowest BCUT2D eigenvalue weighted by atomic mass is 9.93. The summed E-state index contributed by atoms with van der Waals surface area (Å²) in [6, 6.07) is 0. The van der Waals surface area contributed by atoms with E-state index >= 15 is 0 Å². The van der Waals surface area contributed by atoms with Gasteiger partial charge in [0.1, 0.15) is 12.7 Å². The molecule has 1 heterocycles. The van der Waals surface area contributed by atoms with E-state index in [2.05, 4.69) is 15.2 Å². The molecule has 0 bridgehead atoms. The Morgan fingerprint density at radius 2 is 2.36 bits per heavy atom. The van der Waals surface area contributed by atoms with Crippen LogP contribution in [0.15, 0.2) is 17.8 Å². The Morgan fingerprint density at radius 3 is 2.79 bits per heavy atom. The first-order valence-electron chi connectivity index (χ1n) is 4.18. The van der Waals surface area contributed by atoms with Crippen LogP contribution in [0.1, 0.15) is 13.8 Å². The minimum absolute atomic E-state index is 0.400. The van der Waals surface area contributed by atoms with Gasteiger partial charge in [0.15, 0.2) is 5.84 Å². The van der Waals surface area contributed by atoms with Crippen molar-refractivity contribution in [1.29, 1.82) is 0 Å². The highest BCUT2D eigenvalue weighted by Crippen LogP contribution is 2.18. The Balaban J connectivity index is 2.94. The van der Waals surface area contributed by atoms with Crippen LogP contribution in [0, 0.1) is 5.41 Å². The molecule has 1 N–H and O–H groups in total. The molecule has 0 amide bonds. The highest BCUT2D eigenvalue weighted by atomic mass is 16.5. The van der Waals surface area contributed by atoms with E-state index in [1.807, 2.05) is 13.8 Å². The Labute approximate surface area is 82.2 Å². The summed E-state index contributed by atoms with van der Waals surface area (Å²) in [4.78, 5) is 3.78. The summed E-state index contributed by atoms with van der Waals surface area (Å²) in [7, 11) is 1.60. The molecule has 6 nitrogen and oxygen atoms in total. The Bertz CT molecular complexity index is 305. The fourth-order valence-corrected chi connectivity index (χ4v) is 1.23. The SMILES string of the molecule is COCC(C)(C)C(=NO)n1cncn1. The second-order valence-corrected chi connectivity index (χ2v) is 3.58. The molecule has 0 saturated carbocycles. The molecule has 0 atom stereocenters. The molecule has 0 aliphatic rings. The zero-order valence-electron chi connectivity index (χ0n) is 8.51. The van der Waals surface area contributed by atoms with Gasteiger partial charge in [-0.25, -0.2) is 9.67 Å². The minimum Gasteiger partial charge on any atom is -0.409 e. The van der Waals surface area contributed by atoms with Crippen LogP contribution < -0.4 is 0 Å². The van der Waals surface area contributed by atoms with Crippen molar-refractivity contribution in [3.8, 4) is 0 Å². The Kier molecular flexibility index (Phi) is 3.19. The van der Waals surface area contributed by atoms with Gasteiger partial charge in [0.2, 0.25) is 0 Å². The standard InChI is InChI=1S/C8H14N4O2/c1-8(2,4-14-3)7(11-13)12-6-9-5-10-12/h5-6,13H,4H2,1-3H3. The van der Waals surface area contributed by atoms with Crippen LogP contribution in [-0.2, 0) is 4.74 Å². The van der Waals surface area contributed by atoms with Crippen molar-refractivity contribution in [2.75, 3.05) is 13.7 Å². The first kappa shape index (κ1) is 10.6. The number of methoxy groups -OCH3 is 1. The Morgan fingerprint density at radius 1 is 1.64 bits per heavy atom. The van der Waals surface area contributed by atoms with Crippen molar-refractivity contribution in [1.82, 2.24) is 14.8 Å². The van der Waals surface area contributed by atoms with Crippen molar-refractivity contribution in [2.45, 2.75) is 13.8 Å². The van der Waals surface area contributed by atoms with Gasteiger partial charge < -0.3 is 9.94 Å². The van der Waals surface area contributed by atoms with Gasteiger partial charge in [0.05, 0.1) is 12.0 Å². The van der Waals surface area contributed by atoms with Crippen LogP contribution in [0.2, 0.25) is 0 Å². The van der Waals surface area contributed by atoms with Crippen molar-refractivity contribution in [3.63, 3.8) is 0 Å². The van der Waals surface area contributed by atoms with Gasteiger partial charge in [-0.05, 0) is 0 Å². The van der Waals surface area contributed by atoms with Crippen LogP contribution in [0.3, 0.4) is 0 Å². The van der Waals surface area contributed by atoms with Gasteiger partial charge in [-0.2, -0.15) is 5.10 Å². The van der Waals surface area contributed by atoms with E-state index in [4.69, 9.17) is 9.94 Å². The molecule has 6 heteroatoms. The maximum atomic E-state index is 8.90. The van der Waals surface area contributed by atoms with Crippen LogP contribution >= 0.6 is 0 Å². The predicted molar refractivity (Wildman–Crippen MR) is 50.3 cm³/mol. The monoisotopic (exact) mass is 198 g/mol. The normalized spacial score (nSPS) is 13.2. The number of hydrogen-bond acceptors (Lipinski definition) is 5. The highest BCUT2D eigenvalue weighted by Gasteiger charge is 2.28. The number of rotatable bonds is 3. The average molecular weight is 198 g/mol. The fourth-order valence-electron chi connectivity index (χ4n) is 1.23. The van der Waals surface area contributed by atoms with Gasteiger partial charge in [0.25, 0.3) is 0 Å². The number of ether oxygens (including phenoxy) is 1. The van der Waals surface area contributed by atoms with E-state index in [0.717, 1.165) is 0 Å². The zero-order chi connectivity index (χ0) is 10.6. The van der Waals surface area contributed by atoms with Gasteiger partial charge >= 0.3 is 0 Å². The van der Waals surface area contributed by atoms with E-state index in [9.17, 15) is 0 Å². The summed E-state index contributed by atoms with van der Waals surface area (Å²) in [5.41, 5.74) is -0.419. The molecule has 0 spiro atoms. The lowest BCUT2D eigenvalue weighted by Crippen LogP contribution is -2.35. The van der Waals surface area contributed by atoms with Crippen LogP contribution in [0.4, 0.5) is 0 Å². The number of nitrogens with zero attached hydrogens (tertiary/aromatic N) is 4. The summed E-state index contributed by atoms with van der Waals surface area (Å²) in [5.74, 6) is 0.400. The van der Waals surface area contributed by atoms with Crippen LogP contribution in [-0.4, -0.2) is 39.5 Å². The zero-order valence-corrected chi connectivity index (χ0v) is 8.51. The lowest BCUT2D eigenvalue weighted by Gasteiger charge is -2.23. The topological polar surface area (TPSA) is 72.5 Å². The minimum atomic E-state index is -0.419. The summed E-state index contributed by atoms with van der Waals surface area (Å²) < 4.78 is 6.45. The summed E-state index contributed by atoms with van der Waals surface area (Å²) in [5, 5.41) is 16.0. The average Bonchev–Trinajstić information content (AvgIpc) is 2.57. The third kappa shape index (κ3) is 2.08. The third-order valence-electron chi connectivity index (χ3n) is 1.84. The van der Waals surface area contributed by atoms with Gasteiger partial charge in [-0.15, -0.1) is 0 Å². The lowest BCUT2D eigenvalue weighted by molar-refractivity contribution is 0.137. The van der Waals surface area contributed by atoms with Crippen LogP contribution in [0.25, 0.3) is 0 Å². The maximum absolute atomic E-state index is 8.90. The smallest absolute Gasteiger partial charge is 0.178 e. The van der Waals surface area contributed by atoms with Crippen LogP contribution in [0.5, 0.6) is 0 Å². The van der Waals surface area contributed by atoms with Crippen molar-refractivity contribution in [3.05, 3.63) is 12.7 Å². The largest absolute Gasteiger partial charge is 0.409 e. The molecule has 78 valence electrons. The molecule has 1 aromatic heterocycles. The van der Waals surface area contributed by atoms with E-state index in [1.54, 1.807) is 7.11 Å². The quantitative estimate of drug-likeness (QED) is 0.334. The maximum Gasteiger partial charge on any atom is 0.178 e. The van der Waals surface area contributed by atoms with Crippen molar-refractivity contribution >= 4 is 5.84 Å². The predicted octanol–water partition coefficient (Wildman–Crippen LogP) is 0.587. The third-order valence-corrected chi connectivity index (χ3v) is 1.84. The number of hydrogen-bond donors (Lipinski definition) is 1. The van der Waals surface area contributed by atoms with E-state index < -0.39 is 5.41 Å². The fraction of sp³-hybridized carbons (Fsp3) is 0.625. The Hall–Kier alpha value is -1.43. The highest BCUT2D eigenvalue weighted by molar-refractivity contribution is 5.88. The van der Waals surface area contributed by atoms with Gasteiger partial charge in [0, 0.05) is 7.11 Å². The summed E-state index contributed by atoms with van der Waals surface area (Å²) >= 11 is 0. The summed E-state index contributed by atoms with van der Waals surface area (Å²) in [6.07, 6.45) is 2.86. The van der Waals surface area contributed by atoms with Crippen molar-refractivity contribution < 1.29 is 9.94 Å². The first-order chi connectivity index (χ1) is 6.61. The molecule has 0 saturated heterocycles. The van der Waals surface area contributed by atoms with Gasteiger partial charge in [-0.3, -0.25) is 0 Å². The molecule has 0 radical (unpaired) electrons. The second kappa shape index (κ2) is 4.19. The second-order valence-electron chi connectivity index (χ2n) is 3.58. The molecule has 0 aliphatic heterocycles. The molecular weight excluding hydrogens is 184 g/mol. The summed E-state index contributed by atoms with van der Waals surface area (Å²) in [6.45, 7) is 4.23. The molecule has 14 heavy (non-hydrogen) atoms. The van der Waals surface area contributed by atoms with E-state index in [0.29, 0.717) is 12.4 Å².